The Labute approximate surface area is 54.9 Å². The second-order valence-electron chi connectivity index (χ2n) is 1.37. The van der Waals surface area contributed by atoms with E-state index in [9.17, 15) is 10.1 Å². The second kappa shape index (κ2) is 2.14. The van der Waals surface area contributed by atoms with Gasteiger partial charge in [-0.1, -0.05) is 0 Å². The lowest BCUT2D eigenvalue weighted by molar-refractivity contribution is -0.402. The fourth-order valence-electron chi connectivity index (χ4n) is 0.402. The molecule has 1 rings (SSSR count). The maximum atomic E-state index is 9.89. The maximum Gasteiger partial charge on any atom is 0.453 e. The smallest absolute Gasteiger partial charge is 0.370 e. The lowest BCUT2D eigenvalue weighted by Crippen LogP contribution is -1.82. The molecule has 0 aromatic carbocycles. The molecule has 0 radical (unpaired) electrons. The summed E-state index contributed by atoms with van der Waals surface area (Å²) in [4.78, 5) is 12.4. The highest BCUT2D eigenvalue weighted by Gasteiger charge is 2.12. The molecule has 0 bridgehead atoms. The van der Waals surface area contributed by atoms with Gasteiger partial charge in [-0.2, -0.15) is 5.26 Å². The van der Waals surface area contributed by atoms with Crippen LogP contribution in [0.4, 0.5) is 5.88 Å². The molecule has 0 spiro atoms. The van der Waals surface area contributed by atoms with Crippen LogP contribution in [-0.4, -0.2) is 9.91 Å². The molecule has 0 unspecified atom stereocenters. The van der Waals surface area contributed by atoms with E-state index in [1.807, 2.05) is 0 Å². The summed E-state index contributed by atoms with van der Waals surface area (Å²) in [7, 11) is 0. The van der Waals surface area contributed by atoms with Crippen molar-refractivity contribution >= 4 is 5.88 Å². The maximum absolute atomic E-state index is 9.89. The van der Waals surface area contributed by atoms with Crippen LogP contribution in [0.2, 0.25) is 0 Å². The van der Waals surface area contributed by atoms with Crippen LogP contribution >= 0.6 is 0 Å². The van der Waals surface area contributed by atoms with Gasteiger partial charge >= 0.3 is 11.8 Å². The van der Waals surface area contributed by atoms with E-state index in [0.29, 0.717) is 0 Å². The minimum Gasteiger partial charge on any atom is -0.370 e. The molecule has 0 fully saturated rings. The van der Waals surface area contributed by atoms with Gasteiger partial charge in [0.15, 0.2) is 12.3 Å². The molecule has 10 heavy (non-hydrogen) atoms. The van der Waals surface area contributed by atoms with Gasteiger partial charge in [-0.3, -0.25) is 10.1 Å². The number of nitrogens with zero attached hydrogens (tertiary/aromatic N) is 3. The van der Waals surface area contributed by atoms with Crippen molar-refractivity contribution in [2.45, 2.75) is 0 Å². The van der Waals surface area contributed by atoms with Gasteiger partial charge in [-0.25, -0.2) is 4.98 Å². The largest absolute Gasteiger partial charge is 0.453 e. The fourth-order valence-corrected chi connectivity index (χ4v) is 0.402. The van der Waals surface area contributed by atoms with Crippen molar-refractivity contribution < 1.29 is 9.34 Å². The van der Waals surface area contributed by atoms with E-state index in [4.69, 9.17) is 5.26 Å². The van der Waals surface area contributed by atoms with Crippen LogP contribution in [0.15, 0.2) is 10.6 Å². The Hall–Kier alpha value is -1.90. The van der Waals surface area contributed by atoms with Gasteiger partial charge in [0, 0.05) is 0 Å². The Bertz CT molecular complexity index is 297. The van der Waals surface area contributed by atoms with E-state index in [-0.39, 0.29) is 5.89 Å². The summed E-state index contributed by atoms with van der Waals surface area (Å²) in [5.41, 5.74) is 0. The highest BCUT2D eigenvalue weighted by atomic mass is 16.6. The molecule has 0 atom stereocenters. The van der Waals surface area contributed by atoms with E-state index < -0.39 is 10.8 Å². The quantitative estimate of drug-likeness (QED) is 0.416. The minimum absolute atomic E-state index is 0.299. The van der Waals surface area contributed by atoms with Gasteiger partial charge in [0.05, 0.1) is 0 Å². The van der Waals surface area contributed by atoms with Crippen LogP contribution in [0.5, 0.6) is 0 Å². The van der Waals surface area contributed by atoms with Crippen molar-refractivity contribution in [3.63, 3.8) is 0 Å². The molecule has 0 saturated carbocycles. The van der Waals surface area contributed by atoms with Crippen LogP contribution in [0.25, 0.3) is 0 Å². The summed E-state index contributed by atoms with van der Waals surface area (Å²) < 4.78 is 4.32. The van der Waals surface area contributed by atoms with Crippen molar-refractivity contribution in [3.8, 4) is 6.07 Å². The molecule has 1 aromatic rings. The molecule has 50 valence electrons. The zero-order valence-corrected chi connectivity index (χ0v) is 4.64. The van der Waals surface area contributed by atoms with E-state index in [1.165, 1.54) is 6.07 Å². The van der Waals surface area contributed by atoms with E-state index in [1.54, 1.807) is 0 Å². The van der Waals surface area contributed by atoms with Crippen molar-refractivity contribution in [1.29, 1.82) is 5.26 Å². The van der Waals surface area contributed by atoms with Crippen LogP contribution in [-0.2, 0) is 0 Å². The molecular formula is C4HN3O3. The Morgan fingerprint density at radius 3 is 2.90 bits per heavy atom. The first-order valence-corrected chi connectivity index (χ1v) is 2.24. The number of hydrogen-bond donors (Lipinski definition) is 0. The van der Waals surface area contributed by atoms with Gasteiger partial charge in [0.2, 0.25) is 0 Å². The lowest BCUT2D eigenvalue weighted by atomic mass is 10.8. The lowest BCUT2D eigenvalue weighted by Gasteiger charge is -1.76. The van der Waals surface area contributed by atoms with Gasteiger partial charge in [0.1, 0.15) is 4.92 Å². The molecule has 0 saturated heterocycles. The zero-order valence-electron chi connectivity index (χ0n) is 4.64. The van der Waals surface area contributed by atoms with Gasteiger partial charge in [-0.15, -0.1) is 0 Å². The van der Waals surface area contributed by atoms with Gasteiger partial charge in [0.25, 0.3) is 0 Å². The predicted molar refractivity (Wildman–Crippen MR) is 27.9 cm³/mol. The summed E-state index contributed by atoms with van der Waals surface area (Å²) in [6.45, 7) is 0. The predicted octanol–water partition coefficient (Wildman–Crippen LogP) is 0.454. The van der Waals surface area contributed by atoms with Crippen molar-refractivity contribution in [3.05, 3.63) is 22.2 Å². The zero-order chi connectivity index (χ0) is 7.56. The highest BCUT2D eigenvalue weighted by molar-refractivity contribution is 5.14. The molecular weight excluding hydrogens is 138 g/mol. The first kappa shape index (κ1) is 6.22. The number of oxazole rings is 1. The van der Waals surface area contributed by atoms with Crippen molar-refractivity contribution in [2.75, 3.05) is 0 Å². The summed E-state index contributed by atoms with van der Waals surface area (Å²) >= 11 is 0. The monoisotopic (exact) mass is 139 g/mol. The summed E-state index contributed by atoms with van der Waals surface area (Å²) in [6.07, 6.45) is 0.887. The molecule has 0 amide bonds. The van der Waals surface area contributed by atoms with Gasteiger partial charge in [-0.05, 0) is 0 Å². The second-order valence-corrected chi connectivity index (χ2v) is 1.37. The Morgan fingerprint density at radius 1 is 1.90 bits per heavy atom. The fraction of sp³-hybridized carbons (Fsp3) is 0. The Balaban J connectivity index is 3.02. The molecule has 1 heterocycles. The van der Waals surface area contributed by atoms with E-state index in [0.717, 1.165) is 6.20 Å². The molecule has 6 heteroatoms. The third-order valence-corrected chi connectivity index (χ3v) is 0.769. The topological polar surface area (TPSA) is 93.0 Å². The van der Waals surface area contributed by atoms with Crippen LogP contribution in [0, 0.1) is 21.4 Å². The first-order chi connectivity index (χ1) is 4.74. The highest BCUT2D eigenvalue weighted by Crippen LogP contribution is 2.10. The number of nitro groups is 1. The number of rotatable bonds is 1. The normalized spacial score (nSPS) is 8.70. The molecule has 0 aliphatic heterocycles. The van der Waals surface area contributed by atoms with Crippen LogP contribution in [0.1, 0.15) is 5.89 Å². The summed E-state index contributed by atoms with van der Waals surface area (Å²) in [5.74, 6) is -0.816. The first-order valence-electron chi connectivity index (χ1n) is 2.24. The molecule has 0 aliphatic rings. The minimum atomic E-state index is -0.756. The Morgan fingerprint density at radius 2 is 2.60 bits per heavy atom. The summed E-state index contributed by atoms with van der Waals surface area (Å²) in [5, 5.41) is 18.0. The van der Waals surface area contributed by atoms with Crippen molar-refractivity contribution in [1.82, 2.24) is 4.98 Å². The number of hydrogen-bond acceptors (Lipinski definition) is 5. The molecule has 0 aliphatic carbocycles. The molecule has 0 N–H and O–H groups in total. The molecule has 6 nitrogen and oxygen atoms in total. The van der Waals surface area contributed by atoms with Gasteiger partial charge < -0.3 is 4.42 Å². The van der Waals surface area contributed by atoms with E-state index in [2.05, 4.69) is 9.40 Å². The SMILES string of the molecule is N#Cc1ncc([N+](=O)[O-])o1. The van der Waals surface area contributed by atoms with E-state index >= 15 is 0 Å². The average Bonchev–Trinajstić information content (AvgIpc) is 2.34. The molecule has 1 aromatic heterocycles. The average molecular weight is 139 g/mol. The Kier molecular flexibility index (Phi) is 1.33. The summed E-state index contributed by atoms with van der Waals surface area (Å²) in [6, 6.07) is 1.52. The number of nitriles is 1. The third-order valence-electron chi connectivity index (χ3n) is 0.769. The van der Waals surface area contributed by atoms with Crippen LogP contribution < -0.4 is 0 Å². The third kappa shape index (κ3) is 0.925. The van der Waals surface area contributed by atoms with Crippen LogP contribution in [0.3, 0.4) is 0 Å². The standard InChI is InChI=1S/C4HN3O3/c5-1-3-6-2-4(10-3)7(8)9/h2H. The number of aromatic nitrogens is 1. The van der Waals surface area contributed by atoms with Crippen molar-refractivity contribution in [2.24, 2.45) is 0 Å².